The van der Waals surface area contributed by atoms with Gasteiger partial charge in [-0.15, -0.1) is 11.3 Å². The van der Waals surface area contributed by atoms with Crippen molar-refractivity contribution in [2.75, 3.05) is 19.7 Å². The van der Waals surface area contributed by atoms with Gasteiger partial charge < -0.3 is 9.64 Å². The van der Waals surface area contributed by atoms with E-state index in [1.165, 1.54) is 11.3 Å². The maximum atomic E-state index is 12.4. The van der Waals surface area contributed by atoms with Gasteiger partial charge in [0.05, 0.1) is 11.5 Å². The van der Waals surface area contributed by atoms with Crippen LogP contribution in [0.15, 0.2) is 34.2 Å². The minimum Gasteiger partial charge on any atom is -0.477 e. The number of carbonyl (C=O) groups is 1. The van der Waals surface area contributed by atoms with Crippen molar-refractivity contribution >= 4 is 33.2 Å². The van der Waals surface area contributed by atoms with E-state index in [1.54, 1.807) is 6.20 Å². The molecule has 0 aliphatic carbocycles. The fourth-order valence-electron chi connectivity index (χ4n) is 2.70. The molecule has 0 saturated carbocycles. The van der Waals surface area contributed by atoms with Crippen LogP contribution < -0.4 is 4.74 Å². The zero-order valence-corrected chi connectivity index (χ0v) is 15.4. The number of halogens is 1. The highest BCUT2D eigenvalue weighted by atomic mass is 79.9. The fourth-order valence-corrected chi connectivity index (χ4v) is 4.10. The number of ether oxygens (including phenoxy) is 1. The monoisotopic (exact) mass is 394 g/mol. The number of piperidine rings is 1. The van der Waals surface area contributed by atoms with Crippen LogP contribution in [-0.2, 0) is 0 Å². The third-order valence-electron chi connectivity index (χ3n) is 4.10. The van der Waals surface area contributed by atoms with Crippen molar-refractivity contribution in [2.24, 2.45) is 5.92 Å². The lowest BCUT2D eigenvalue weighted by atomic mass is 9.97. The number of carbonyl (C=O) groups excluding carboxylic acids is 1. The number of thiophene rings is 1. The van der Waals surface area contributed by atoms with Gasteiger partial charge in [0.15, 0.2) is 0 Å². The Bertz CT molecular complexity index is 681. The molecule has 2 aromatic heterocycles. The summed E-state index contributed by atoms with van der Waals surface area (Å²) in [7, 11) is 0. The van der Waals surface area contributed by atoms with Crippen molar-refractivity contribution in [1.29, 1.82) is 0 Å². The molecule has 0 radical (unpaired) electrons. The van der Waals surface area contributed by atoms with Gasteiger partial charge in [-0.05, 0) is 53.7 Å². The van der Waals surface area contributed by atoms with Gasteiger partial charge in [-0.2, -0.15) is 0 Å². The Balaban J connectivity index is 1.49. The van der Waals surface area contributed by atoms with Crippen LogP contribution in [0.5, 0.6) is 5.88 Å². The number of nitrogens with zero attached hydrogens (tertiary/aromatic N) is 2. The average molecular weight is 395 g/mol. The topological polar surface area (TPSA) is 42.4 Å². The van der Waals surface area contributed by atoms with E-state index in [4.69, 9.17) is 4.74 Å². The maximum Gasteiger partial charge on any atom is 0.263 e. The van der Waals surface area contributed by atoms with Gasteiger partial charge in [-0.25, -0.2) is 4.98 Å². The molecule has 0 N–H and O–H groups in total. The number of pyridine rings is 1. The van der Waals surface area contributed by atoms with Gasteiger partial charge in [-0.3, -0.25) is 4.79 Å². The van der Waals surface area contributed by atoms with Crippen molar-refractivity contribution < 1.29 is 9.53 Å². The highest BCUT2D eigenvalue weighted by molar-refractivity contribution is 9.10. The summed E-state index contributed by atoms with van der Waals surface area (Å²) < 4.78 is 6.81. The number of likely N-dealkylation sites (tertiary alicyclic amines) is 1. The van der Waals surface area contributed by atoms with E-state index in [0.29, 0.717) is 12.5 Å². The number of amides is 1. The molecule has 0 spiro atoms. The second-order valence-electron chi connectivity index (χ2n) is 5.80. The van der Waals surface area contributed by atoms with Crippen LogP contribution >= 0.6 is 27.3 Å². The zero-order valence-electron chi connectivity index (χ0n) is 13.0. The average Bonchev–Trinajstić information content (AvgIpc) is 3.00. The van der Waals surface area contributed by atoms with Crippen LogP contribution in [-0.4, -0.2) is 35.5 Å². The second kappa shape index (κ2) is 7.45. The summed E-state index contributed by atoms with van der Waals surface area (Å²) in [4.78, 5) is 19.4. The highest BCUT2D eigenvalue weighted by Gasteiger charge is 2.25. The quantitative estimate of drug-likeness (QED) is 0.781. The first-order chi connectivity index (χ1) is 11.1. The zero-order chi connectivity index (χ0) is 16.2. The van der Waals surface area contributed by atoms with Crippen molar-refractivity contribution in [1.82, 2.24) is 9.88 Å². The number of rotatable bonds is 4. The van der Waals surface area contributed by atoms with E-state index in [9.17, 15) is 4.79 Å². The van der Waals surface area contributed by atoms with Gasteiger partial charge >= 0.3 is 0 Å². The first-order valence-electron chi connectivity index (χ1n) is 7.71. The highest BCUT2D eigenvalue weighted by Crippen LogP contribution is 2.25. The summed E-state index contributed by atoms with van der Waals surface area (Å²) in [5.41, 5.74) is 1.06. The first-order valence-corrected chi connectivity index (χ1v) is 9.38. The molecule has 23 heavy (non-hydrogen) atoms. The molecule has 1 aliphatic heterocycles. The number of aryl methyl sites for hydroxylation is 1. The number of aromatic nitrogens is 1. The van der Waals surface area contributed by atoms with Gasteiger partial charge in [0.25, 0.3) is 5.91 Å². The fraction of sp³-hybridized carbons (Fsp3) is 0.412. The van der Waals surface area contributed by atoms with E-state index >= 15 is 0 Å². The molecule has 3 rings (SSSR count). The smallest absolute Gasteiger partial charge is 0.263 e. The van der Waals surface area contributed by atoms with Gasteiger partial charge in [0.1, 0.15) is 0 Å². The Kier molecular flexibility index (Phi) is 5.33. The molecular weight excluding hydrogens is 376 g/mol. The lowest BCUT2D eigenvalue weighted by molar-refractivity contribution is 0.0664. The standard InChI is InChI=1S/C17H19BrN2O2S/c1-12-3-2-6-19-16(12)22-10-13-4-7-20(8-5-13)17(21)15-9-14(18)11-23-15/h2-3,6,9,11,13H,4-5,7-8,10H2,1H3. The van der Waals surface area contributed by atoms with E-state index in [-0.39, 0.29) is 5.91 Å². The molecule has 3 heterocycles. The van der Waals surface area contributed by atoms with Crippen LogP contribution in [0.25, 0.3) is 0 Å². The molecular formula is C17H19BrN2O2S. The Morgan fingerprint density at radius 2 is 2.26 bits per heavy atom. The van der Waals surface area contributed by atoms with E-state index < -0.39 is 0 Å². The summed E-state index contributed by atoms with van der Waals surface area (Å²) in [6.45, 7) is 4.26. The van der Waals surface area contributed by atoms with Crippen LogP contribution in [0.4, 0.5) is 0 Å². The molecule has 4 nitrogen and oxygen atoms in total. The molecule has 0 atom stereocenters. The predicted molar refractivity (Wildman–Crippen MR) is 95.1 cm³/mol. The van der Waals surface area contributed by atoms with Crippen LogP contribution in [0.2, 0.25) is 0 Å². The van der Waals surface area contributed by atoms with E-state index in [0.717, 1.165) is 46.7 Å². The van der Waals surface area contributed by atoms with Crippen molar-refractivity contribution in [3.05, 3.63) is 44.7 Å². The summed E-state index contributed by atoms with van der Waals surface area (Å²) in [5, 5.41) is 1.95. The minimum absolute atomic E-state index is 0.139. The Morgan fingerprint density at radius 1 is 1.48 bits per heavy atom. The van der Waals surface area contributed by atoms with E-state index in [1.807, 2.05) is 35.4 Å². The second-order valence-corrected chi connectivity index (χ2v) is 7.63. The third-order valence-corrected chi connectivity index (χ3v) is 5.78. The largest absolute Gasteiger partial charge is 0.477 e. The van der Waals surface area contributed by atoms with Crippen LogP contribution in [0.1, 0.15) is 28.1 Å². The molecule has 0 aromatic carbocycles. The summed E-state index contributed by atoms with van der Waals surface area (Å²) in [6, 6.07) is 5.81. The Labute approximate surface area is 148 Å². The Morgan fingerprint density at radius 3 is 2.91 bits per heavy atom. The molecule has 6 heteroatoms. The third kappa shape index (κ3) is 4.12. The van der Waals surface area contributed by atoms with Crippen molar-refractivity contribution in [2.45, 2.75) is 19.8 Å². The molecule has 2 aromatic rings. The maximum absolute atomic E-state index is 12.4. The van der Waals surface area contributed by atoms with Crippen molar-refractivity contribution in [3.8, 4) is 5.88 Å². The summed E-state index contributed by atoms with van der Waals surface area (Å²) in [6.07, 6.45) is 3.71. The normalized spacial score (nSPS) is 15.7. The first kappa shape index (κ1) is 16.5. The molecule has 0 bridgehead atoms. The van der Waals surface area contributed by atoms with Crippen LogP contribution in [0, 0.1) is 12.8 Å². The van der Waals surface area contributed by atoms with Crippen molar-refractivity contribution in [3.63, 3.8) is 0 Å². The van der Waals surface area contributed by atoms with E-state index in [2.05, 4.69) is 20.9 Å². The predicted octanol–water partition coefficient (Wildman–Crippen LogP) is 4.15. The van der Waals surface area contributed by atoms with Gasteiger partial charge in [-0.1, -0.05) is 6.07 Å². The lowest BCUT2D eigenvalue weighted by Gasteiger charge is -2.31. The van der Waals surface area contributed by atoms with Gasteiger partial charge in [0.2, 0.25) is 5.88 Å². The SMILES string of the molecule is Cc1cccnc1OCC1CCN(C(=O)c2cc(Br)cs2)CC1. The molecule has 1 aliphatic rings. The molecule has 0 unspecified atom stereocenters. The van der Waals surface area contributed by atoms with Crippen LogP contribution in [0.3, 0.4) is 0 Å². The molecule has 122 valence electrons. The lowest BCUT2D eigenvalue weighted by Crippen LogP contribution is -2.39. The number of hydrogen-bond donors (Lipinski definition) is 0. The number of hydrogen-bond acceptors (Lipinski definition) is 4. The minimum atomic E-state index is 0.139. The molecule has 1 saturated heterocycles. The van der Waals surface area contributed by atoms with Gasteiger partial charge in [0, 0.05) is 34.7 Å². The Hall–Kier alpha value is -1.40. The summed E-state index contributed by atoms with van der Waals surface area (Å²) in [5.74, 6) is 1.34. The summed E-state index contributed by atoms with van der Waals surface area (Å²) >= 11 is 4.89. The molecule has 1 amide bonds. The molecule has 1 fully saturated rings.